The molecular weight excluding hydrogens is 466 g/mol. The number of aromatic nitrogens is 4. The van der Waals surface area contributed by atoms with Crippen molar-refractivity contribution in [2.75, 3.05) is 5.32 Å². The van der Waals surface area contributed by atoms with Gasteiger partial charge < -0.3 is 5.32 Å². The third-order valence-corrected chi connectivity index (χ3v) is 6.96. The Kier molecular flexibility index (Phi) is 7.19. The van der Waals surface area contributed by atoms with Crippen molar-refractivity contribution in [3.8, 4) is 11.4 Å². The van der Waals surface area contributed by atoms with Gasteiger partial charge in [-0.3, -0.25) is 14.3 Å². The fourth-order valence-electron chi connectivity index (χ4n) is 3.85. The number of carbonyl (C=O) groups excluding carboxylic acids is 1. The quantitative estimate of drug-likeness (QED) is 0.263. The first-order valence-corrected chi connectivity index (χ1v) is 12.5. The maximum Gasteiger partial charge on any atom is 0.242 e. The van der Waals surface area contributed by atoms with Crippen LogP contribution in [0.1, 0.15) is 21.9 Å². The molecule has 2 heterocycles. The van der Waals surface area contributed by atoms with Crippen molar-refractivity contribution < 1.29 is 4.79 Å². The van der Waals surface area contributed by atoms with Gasteiger partial charge in [-0.1, -0.05) is 90.1 Å². The minimum atomic E-state index is -0.517. The number of rotatable bonds is 8. The van der Waals surface area contributed by atoms with Crippen molar-refractivity contribution in [2.45, 2.75) is 23.9 Å². The number of aryl methyl sites for hydroxylation is 1. The number of anilines is 1. The molecule has 3 aromatic carbocycles. The van der Waals surface area contributed by atoms with Crippen LogP contribution in [0.25, 0.3) is 11.4 Å². The first kappa shape index (κ1) is 23.5. The van der Waals surface area contributed by atoms with Crippen molar-refractivity contribution in [1.82, 2.24) is 19.7 Å². The van der Waals surface area contributed by atoms with E-state index in [-0.39, 0.29) is 5.91 Å². The van der Waals surface area contributed by atoms with Gasteiger partial charge in [-0.05, 0) is 42.3 Å². The number of nitrogens with zero attached hydrogens (tertiary/aromatic N) is 4. The van der Waals surface area contributed by atoms with Gasteiger partial charge in [0.15, 0.2) is 11.0 Å². The van der Waals surface area contributed by atoms with Gasteiger partial charge in [0.1, 0.15) is 5.25 Å². The Morgan fingerprint density at radius 1 is 0.861 bits per heavy atom. The van der Waals surface area contributed by atoms with Crippen LogP contribution in [0.5, 0.6) is 0 Å². The van der Waals surface area contributed by atoms with Crippen LogP contribution in [-0.2, 0) is 11.3 Å². The summed E-state index contributed by atoms with van der Waals surface area (Å²) in [5.74, 6) is 0.615. The smallest absolute Gasteiger partial charge is 0.242 e. The number of hydrogen-bond acceptors (Lipinski definition) is 5. The van der Waals surface area contributed by atoms with Gasteiger partial charge in [0.2, 0.25) is 5.91 Å². The van der Waals surface area contributed by atoms with E-state index >= 15 is 0 Å². The summed E-state index contributed by atoms with van der Waals surface area (Å²) < 4.78 is 2.06. The van der Waals surface area contributed by atoms with Crippen LogP contribution in [0.2, 0.25) is 0 Å². The molecule has 0 fully saturated rings. The van der Waals surface area contributed by atoms with Crippen molar-refractivity contribution in [1.29, 1.82) is 0 Å². The van der Waals surface area contributed by atoms with Gasteiger partial charge in [0.05, 0.1) is 6.54 Å². The SMILES string of the molecule is Cc1ccc(NC(=O)C(Sc2nnc(-c3ccncc3)n2Cc2ccccc2)c2ccccc2)cc1. The molecule has 0 aliphatic rings. The molecule has 5 rings (SSSR count). The van der Waals surface area contributed by atoms with Crippen LogP contribution in [0, 0.1) is 6.92 Å². The normalized spacial score (nSPS) is 11.7. The summed E-state index contributed by atoms with van der Waals surface area (Å²) in [5, 5.41) is 12.3. The minimum absolute atomic E-state index is 0.116. The van der Waals surface area contributed by atoms with Gasteiger partial charge >= 0.3 is 0 Å². The molecule has 5 aromatic rings. The van der Waals surface area contributed by atoms with Gasteiger partial charge in [0, 0.05) is 23.6 Å². The van der Waals surface area contributed by atoms with E-state index in [2.05, 4.69) is 37.2 Å². The second-order valence-corrected chi connectivity index (χ2v) is 9.45. The first-order chi connectivity index (χ1) is 17.7. The summed E-state index contributed by atoms with van der Waals surface area (Å²) in [6.45, 7) is 2.60. The number of thioether (sulfide) groups is 1. The van der Waals surface area contributed by atoms with E-state index in [1.165, 1.54) is 11.8 Å². The Bertz CT molecular complexity index is 1420. The average molecular weight is 492 g/mol. The molecule has 178 valence electrons. The van der Waals surface area contributed by atoms with E-state index in [4.69, 9.17) is 0 Å². The molecule has 7 heteroatoms. The topological polar surface area (TPSA) is 72.7 Å². The Morgan fingerprint density at radius 2 is 1.53 bits per heavy atom. The van der Waals surface area contributed by atoms with Crippen LogP contribution in [0.15, 0.2) is 115 Å². The van der Waals surface area contributed by atoms with Crippen molar-refractivity contribution >= 4 is 23.4 Å². The third-order valence-electron chi connectivity index (χ3n) is 5.72. The molecule has 0 saturated heterocycles. The van der Waals surface area contributed by atoms with E-state index in [1.54, 1.807) is 12.4 Å². The fourth-order valence-corrected chi connectivity index (χ4v) is 4.89. The largest absolute Gasteiger partial charge is 0.325 e. The highest BCUT2D eigenvalue weighted by Gasteiger charge is 2.26. The predicted molar refractivity (Wildman–Crippen MR) is 144 cm³/mol. The zero-order valence-electron chi connectivity index (χ0n) is 19.8. The van der Waals surface area contributed by atoms with Gasteiger partial charge in [-0.15, -0.1) is 10.2 Å². The van der Waals surface area contributed by atoms with Crippen molar-refractivity contribution in [2.24, 2.45) is 0 Å². The molecule has 0 aliphatic heterocycles. The number of pyridine rings is 1. The summed E-state index contributed by atoms with van der Waals surface area (Å²) in [6.07, 6.45) is 3.48. The molecule has 1 amide bonds. The predicted octanol–water partition coefficient (Wildman–Crippen LogP) is 6.17. The van der Waals surface area contributed by atoms with Crippen LogP contribution >= 0.6 is 11.8 Å². The summed E-state index contributed by atoms with van der Waals surface area (Å²) in [4.78, 5) is 17.7. The zero-order chi connectivity index (χ0) is 24.7. The van der Waals surface area contributed by atoms with E-state index in [0.29, 0.717) is 11.7 Å². The Balaban J connectivity index is 1.51. The van der Waals surface area contributed by atoms with E-state index in [0.717, 1.165) is 33.8 Å². The minimum Gasteiger partial charge on any atom is -0.325 e. The lowest BCUT2D eigenvalue weighted by molar-refractivity contribution is -0.115. The number of amides is 1. The monoisotopic (exact) mass is 491 g/mol. The Hall–Kier alpha value is -4.23. The molecule has 1 unspecified atom stereocenters. The third kappa shape index (κ3) is 5.53. The average Bonchev–Trinajstić information content (AvgIpc) is 3.32. The van der Waals surface area contributed by atoms with Gasteiger partial charge in [-0.25, -0.2) is 0 Å². The summed E-state index contributed by atoms with van der Waals surface area (Å²) in [7, 11) is 0. The summed E-state index contributed by atoms with van der Waals surface area (Å²) >= 11 is 1.40. The standard InChI is InChI=1S/C29H25N5OS/c1-21-12-14-25(15-13-21)31-28(35)26(23-10-6-3-7-11-23)36-29-33-32-27(24-16-18-30-19-17-24)34(29)20-22-8-4-2-5-9-22/h2-19,26H,20H2,1H3,(H,31,35). The van der Waals surface area contributed by atoms with Crippen LogP contribution < -0.4 is 5.32 Å². The lowest BCUT2D eigenvalue weighted by atomic mass is 10.1. The molecule has 1 N–H and O–H groups in total. The molecule has 0 bridgehead atoms. The van der Waals surface area contributed by atoms with E-state index < -0.39 is 5.25 Å². The van der Waals surface area contributed by atoms with E-state index in [1.807, 2.05) is 91.9 Å². The molecule has 0 saturated carbocycles. The molecule has 0 spiro atoms. The summed E-state index contributed by atoms with van der Waals surface area (Å²) in [6, 6.07) is 31.6. The van der Waals surface area contributed by atoms with E-state index in [9.17, 15) is 4.79 Å². The zero-order valence-corrected chi connectivity index (χ0v) is 20.6. The fraction of sp³-hybridized carbons (Fsp3) is 0.103. The highest BCUT2D eigenvalue weighted by Crippen LogP contribution is 2.37. The summed E-state index contributed by atoms with van der Waals surface area (Å²) in [5.41, 5.74) is 4.83. The second kappa shape index (κ2) is 11.0. The maximum absolute atomic E-state index is 13.6. The number of nitrogens with one attached hydrogen (secondary N) is 1. The molecule has 0 radical (unpaired) electrons. The Labute approximate surface area is 214 Å². The van der Waals surface area contributed by atoms with Crippen molar-refractivity contribution in [3.63, 3.8) is 0 Å². The van der Waals surface area contributed by atoms with Crippen LogP contribution in [0.4, 0.5) is 5.69 Å². The molecule has 36 heavy (non-hydrogen) atoms. The Morgan fingerprint density at radius 3 is 2.22 bits per heavy atom. The van der Waals surface area contributed by atoms with Crippen molar-refractivity contribution in [3.05, 3.63) is 126 Å². The first-order valence-electron chi connectivity index (χ1n) is 11.6. The van der Waals surface area contributed by atoms with Crippen LogP contribution in [-0.4, -0.2) is 25.7 Å². The number of hydrogen-bond donors (Lipinski definition) is 1. The molecular formula is C29H25N5OS. The highest BCUT2D eigenvalue weighted by molar-refractivity contribution is 8.00. The second-order valence-electron chi connectivity index (χ2n) is 8.38. The highest BCUT2D eigenvalue weighted by atomic mass is 32.2. The molecule has 6 nitrogen and oxygen atoms in total. The van der Waals surface area contributed by atoms with Gasteiger partial charge in [-0.2, -0.15) is 0 Å². The lowest BCUT2D eigenvalue weighted by Gasteiger charge is -2.18. The molecule has 2 aromatic heterocycles. The molecule has 1 atom stereocenters. The molecule has 0 aliphatic carbocycles. The number of carbonyl (C=O) groups is 1. The maximum atomic E-state index is 13.6. The lowest BCUT2D eigenvalue weighted by Crippen LogP contribution is -2.19. The van der Waals surface area contributed by atoms with Crippen LogP contribution in [0.3, 0.4) is 0 Å². The van der Waals surface area contributed by atoms with Gasteiger partial charge in [0.25, 0.3) is 0 Å². The number of benzene rings is 3.